The zero-order chi connectivity index (χ0) is 19.2. The van der Waals surface area contributed by atoms with Crippen molar-refractivity contribution < 1.29 is 14.3 Å². The van der Waals surface area contributed by atoms with Crippen molar-refractivity contribution in [2.24, 2.45) is 0 Å². The lowest BCUT2D eigenvalue weighted by Gasteiger charge is -2.16. The topological polar surface area (TPSA) is 47.6 Å². The second kappa shape index (κ2) is 8.41. The monoisotopic (exact) mass is 361 g/mol. The van der Waals surface area contributed by atoms with Crippen molar-refractivity contribution in [1.82, 2.24) is 0 Å². The van der Waals surface area contributed by atoms with Crippen LogP contribution in [0.5, 0.6) is 11.5 Å². The van der Waals surface area contributed by atoms with Crippen molar-refractivity contribution in [1.29, 1.82) is 0 Å². The molecule has 1 N–H and O–H groups in total. The zero-order valence-corrected chi connectivity index (χ0v) is 15.7. The number of benzene rings is 3. The molecule has 27 heavy (non-hydrogen) atoms. The third-order valence-electron chi connectivity index (χ3n) is 4.26. The number of hydrogen-bond acceptors (Lipinski definition) is 3. The van der Waals surface area contributed by atoms with Gasteiger partial charge in [-0.1, -0.05) is 48.5 Å². The summed E-state index contributed by atoms with van der Waals surface area (Å²) in [6, 6.07) is 23.5. The maximum Gasteiger partial charge on any atom is 0.265 e. The van der Waals surface area contributed by atoms with Gasteiger partial charge in [-0.2, -0.15) is 0 Å². The highest BCUT2D eigenvalue weighted by molar-refractivity contribution is 5.95. The van der Waals surface area contributed by atoms with Crippen LogP contribution in [0.25, 0.3) is 11.1 Å². The Balaban J connectivity index is 1.65. The van der Waals surface area contributed by atoms with E-state index in [2.05, 4.69) is 17.4 Å². The summed E-state index contributed by atoms with van der Waals surface area (Å²) in [7, 11) is 1.58. The van der Waals surface area contributed by atoms with Crippen LogP contribution in [0, 0.1) is 6.92 Å². The molecule has 0 aromatic heterocycles. The highest BCUT2D eigenvalue weighted by Gasteiger charge is 2.17. The molecule has 0 aliphatic heterocycles. The molecular weight excluding hydrogens is 338 g/mol. The van der Waals surface area contributed by atoms with E-state index in [1.807, 2.05) is 67.6 Å². The Hall–Kier alpha value is -3.27. The maximum absolute atomic E-state index is 12.5. The van der Waals surface area contributed by atoms with Crippen molar-refractivity contribution in [3.05, 3.63) is 78.4 Å². The standard InChI is InChI=1S/C23H23NO3/c1-16-9-14-22(26-3)21(15-16)24-23(25)17(2)27-20-12-10-19(11-13-20)18-7-5-4-6-8-18/h4-15,17H,1-3H3,(H,24,25). The molecule has 4 nitrogen and oxygen atoms in total. The van der Waals surface area contributed by atoms with E-state index in [4.69, 9.17) is 9.47 Å². The van der Waals surface area contributed by atoms with Crippen molar-refractivity contribution in [3.63, 3.8) is 0 Å². The smallest absolute Gasteiger partial charge is 0.265 e. The molecule has 1 amide bonds. The number of carbonyl (C=O) groups is 1. The molecule has 0 aliphatic rings. The zero-order valence-electron chi connectivity index (χ0n) is 15.7. The summed E-state index contributed by atoms with van der Waals surface area (Å²) < 4.78 is 11.1. The SMILES string of the molecule is COc1ccc(C)cc1NC(=O)C(C)Oc1ccc(-c2ccccc2)cc1. The number of hydrogen-bond donors (Lipinski definition) is 1. The number of ether oxygens (including phenoxy) is 2. The lowest BCUT2D eigenvalue weighted by molar-refractivity contribution is -0.122. The molecule has 3 rings (SSSR count). The first kappa shape index (κ1) is 18.5. The van der Waals surface area contributed by atoms with Crippen LogP contribution in [-0.4, -0.2) is 19.1 Å². The molecular formula is C23H23NO3. The first-order valence-electron chi connectivity index (χ1n) is 8.84. The minimum absolute atomic E-state index is 0.231. The van der Waals surface area contributed by atoms with E-state index >= 15 is 0 Å². The number of carbonyl (C=O) groups excluding carboxylic acids is 1. The molecule has 3 aromatic carbocycles. The van der Waals surface area contributed by atoms with E-state index < -0.39 is 6.10 Å². The molecule has 138 valence electrons. The first-order valence-corrected chi connectivity index (χ1v) is 8.84. The summed E-state index contributed by atoms with van der Waals surface area (Å²) in [5.74, 6) is 1.04. The van der Waals surface area contributed by atoms with E-state index in [-0.39, 0.29) is 5.91 Å². The van der Waals surface area contributed by atoms with E-state index in [0.29, 0.717) is 17.2 Å². The first-order chi connectivity index (χ1) is 13.1. The van der Waals surface area contributed by atoms with Crippen LogP contribution in [0.15, 0.2) is 72.8 Å². The molecule has 1 atom stereocenters. The largest absolute Gasteiger partial charge is 0.495 e. The van der Waals surface area contributed by atoms with Crippen LogP contribution in [-0.2, 0) is 4.79 Å². The summed E-state index contributed by atoms with van der Waals surface area (Å²) in [5, 5.41) is 2.87. The highest BCUT2D eigenvalue weighted by Crippen LogP contribution is 2.26. The Kier molecular flexibility index (Phi) is 5.77. The van der Waals surface area contributed by atoms with E-state index in [1.54, 1.807) is 14.0 Å². The van der Waals surface area contributed by atoms with Gasteiger partial charge in [0.2, 0.25) is 0 Å². The third kappa shape index (κ3) is 4.67. The molecule has 4 heteroatoms. The van der Waals surface area contributed by atoms with Gasteiger partial charge in [-0.3, -0.25) is 4.79 Å². The number of aryl methyl sites for hydroxylation is 1. The summed E-state index contributed by atoms with van der Waals surface area (Å²) in [6.45, 7) is 3.69. The molecule has 0 spiro atoms. The number of methoxy groups -OCH3 is 1. The van der Waals surface area contributed by atoms with Gasteiger partial charge in [-0.15, -0.1) is 0 Å². The van der Waals surface area contributed by atoms with Crippen LogP contribution < -0.4 is 14.8 Å². The minimum atomic E-state index is -0.641. The minimum Gasteiger partial charge on any atom is -0.495 e. The number of anilines is 1. The van der Waals surface area contributed by atoms with Gasteiger partial charge >= 0.3 is 0 Å². The normalized spacial score (nSPS) is 11.5. The fourth-order valence-electron chi connectivity index (χ4n) is 2.77. The summed E-state index contributed by atoms with van der Waals surface area (Å²) in [6.07, 6.45) is -0.641. The molecule has 0 heterocycles. The third-order valence-corrected chi connectivity index (χ3v) is 4.26. The van der Waals surface area contributed by atoms with Gasteiger partial charge < -0.3 is 14.8 Å². The molecule has 3 aromatic rings. The lowest BCUT2D eigenvalue weighted by Crippen LogP contribution is -2.30. The predicted octanol–water partition coefficient (Wildman–Crippen LogP) is 5.08. The molecule has 0 aliphatic carbocycles. The van der Waals surface area contributed by atoms with Gasteiger partial charge in [0.15, 0.2) is 6.10 Å². The Morgan fingerprint density at radius 2 is 1.59 bits per heavy atom. The maximum atomic E-state index is 12.5. The molecule has 0 radical (unpaired) electrons. The Morgan fingerprint density at radius 3 is 2.26 bits per heavy atom. The quantitative estimate of drug-likeness (QED) is 0.666. The Morgan fingerprint density at radius 1 is 0.926 bits per heavy atom. The van der Waals surface area contributed by atoms with Crippen molar-refractivity contribution in [2.45, 2.75) is 20.0 Å². The summed E-state index contributed by atoms with van der Waals surface area (Å²) in [4.78, 5) is 12.5. The van der Waals surface area contributed by atoms with Gasteiger partial charge in [-0.05, 0) is 54.8 Å². The van der Waals surface area contributed by atoms with Gasteiger partial charge in [0.25, 0.3) is 5.91 Å². The van der Waals surface area contributed by atoms with Gasteiger partial charge in [-0.25, -0.2) is 0 Å². The number of amides is 1. The predicted molar refractivity (Wildman–Crippen MR) is 108 cm³/mol. The van der Waals surface area contributed by atoms with Crippen LogP contribution in [0.1, 0.15) is 12.5 Å². The second-order valence-electron chi connectivity index (χ2n) is 6.34. The van der Waals surface area contributed by atoms with Crippen LogP contribution in [0.4, 0.5) is 5.69 Å². The van der Waals surface area contributed by atoms with Gasteiger partial charge in [0.05, 0.1) is 12.8 Å². The molecule has 0 fully saturated rings. The Labute approximate surface area is 159 Å². The second-order valence-corrected chi connectivity index (χ2v) is 6.34. The van der Waals surface area contributed by atoms with Crippen molar-refractivity contribution in [3.8, 4) is 22.6 Å². The fraction of sp³-hybridized carbons (Fsp3) is 0.174. The summed E-state index contributed by atoms with van der Waals surface area (Å²) in [5.41, 5.74) is 3.92. The molecule has 0 saturated carbocycles. The van der Waals surface area contributed by atoms with Crippen molar-refractivity contribution in [2.75, 3.05) is 12.4 Å². The average Bonchev–Trinajstić information content (AvgIpc) is 2.69. The van der Waals surface area contributed by atoms with E-state index in [9.17, 15) is 4.79 Å². The average molecular weight is 361 g/mol. The summed E-state index contributed by atoms with van der Waals surface area (Å²) >= 11 is 0. The highest BCUT2D eigenvalue weighted by atomic mass is 16.5. The Bertz CT molecular complexity index is 905. The fourth-order valence-corrected chi connectivity index (χ4v) is 2.77. The van der Waals surface area contributed by atoms with Gasteiger partial charge in [0.1, 0.15) is 11.5 Å². The van der Waals surface area contributed by atoms with Crippen LogP contribution in [0.2, 0.25) is 0 Å². The van der Waals surface area contributed by atoms with E-state index in [1.165, 1.54) is 0 Å². The lowest BCUT2D eigenvalue weighted by atomic mass is 10.1. The number of nitrogens with one attached hydrogen (secondary N) is 1. The molecule has 1 unspecified atom stereocenters. The van der Waals surface area contributed by atoms with Crippen molar-refractivity contribution >= 4 is 11.6 Å². The van der Waals surface area contributed by atoms with Crippen LogP contribution in [0.3, 0.4) is 0 Å². The number of rotatable bonds is 6. The van der Waals surface area contributed by atoms with Crippen LogP contribution >= 0.6 is 0 Å². The molecule has 0 bridgehead atoms. The van der Waals surface area contributed by atoms with E-state index in [0.717, 1.165) is 16.7 Å². The molecule has 0 saturated heterocycles. The van der Waals surface area contributed by atoms with Gasteiger partial charge in [0, 0.05) is 0 Å².